The van der Waals surface area contributed by atoms with E-state index in [1.54, 1.807) is 0 Å². The number of nitrogens with zero attached hydrogens (tertiary/aromatic N) is 4. The summed E-state index contributed by atoms with van der Waals surface area (Å²) in [5.41, 5.74) is 8.75. The lowest BCUT2D eigenvalue weighted by Crippen LogP contribution is -2.48. The maximum Gasteiger partial charge on any atom is 0.237 e. The number of aromatic nitrogens is 2. The summed E-state index contributed by atoms with van der Waals surface area (Å²) in [7, 11) is 2.17. The predicted octanol–water partition coefficient (Wildman–Crippen LogP) is 2.50. The molecule has 8 nitrogen and oxygen atoms in total. The number of rotatable bonds is 7. The zero-order valence-corrected chi connectivity index (χ0v) is 19.1. The lowest BCUT2D eigenvalue weighted by atomic mass is 10.0. The van der Waals surface area contributed by atoms with Gasteiger partial charge in [-0.2, -0.15) is 4.98 Å². The first-order valence-corrected chi connectivity index (χ1v) is 11.6. The number of ether oxygens (including phenoxy) is 1. The summed E-state index contributed by atoms with van der Waals surface area (Å²) in [6, 6.07) is 0.414. The van der Waals surface area contributed by atoms with Crippen LogP contribution >= 0.6 is 0 Å². The molecule has 4 rings (SSSR count). The van der Waals surface area contributed by atoms with Crippen LogP contribution in [0.15, 0.2) is 35.7 Å². The lowest BCUT2D eigenvalue weighted by molar-refractivity contribution is 0.111. The molecule has 0 amide bonds. The summed E-state index contributed by atoms with van der Waals surface area (Å²) < 4.78 is 6.18. The molecule has 2 aliphatic carbocycles. The van der Waals surface area contributed by atoms with Crippen molar-refractivity contribution in [3.05, 3.63) is 47.1 Å². The molecule has 1 aromatic heterocycles. The average molecular weight is 439 g/mol. The molecule has 3 N–H and O–H groups in total. The molecule has 0 saturated carbocycles. The molecule has 0 radical (unpaired) electrons. The Bertz CT molecular complexity index is 917. The summed E-state index contributed by atoms with van der Waals surface area (Å²) in [5.74, 6) is 0.913. The minimum Gasteiger partial charge on any atom is -0.473 e. The number of allylic oxidation sites excluding steroid dienone is 2. The molecule has 1 aliphatic heterocycles. The molecule has 0 bridgehead atoms. The van der Waals surface area contributed by atoms with Crippen molar-refractivity contribution >= 4 is 12.1 Å². The first-order chi connectivity index (χ1) is 15.6. The lowest BCUT2D eigenvalue weighted by Gasteiger charge is -2.37. The third-order valence-corrected chi connectivity index (χ3v) is 6.39. The molecule has 172 valence electrons. The summed E-state index contributed by atoms with van der Waals surface area (Å²) in [4.78, 5) is 25.8. The van der Waals surface area contributed by atoms with Crippen molar-refractivity contribution in [3.8, 4) is 5.88 Å². The van der Waals surface area contributed by atoms with E-state index in [4.69, 9.17) is 10.5 Å². The summed E-state index contributed by atoms with van der Waals surface area (Å²) in [5, 5.41) is 3.30. The largest absolute Gasteiger partial charge is 0.473 e. The first-order valence-electron chi connectivity index (χ1n) is 11.6. The third-order valence-electron chi connectivity index (χ3n) is 6.39. The minimum atomic E-state index is -0.0207. The molecule has 8 heteroatoms. The van der Waals surface area contributed by atoms with Crippen LogP contribution in [0.4, 0.5) is 5.82 Å². The monoisotopic (exact) mass is 438 g/mol. The second-order valence-corrected chi connectivity index (χ2v) is 8.77. The second-order valence-electron chi connectivity index (χ2n) is 8.77. The maximum atomic E-state index is 11.7. The van der Waals surface area contributed by atoms with Crippen LogP contribution in [-0.2, 0) is 6.42 Å². The minimum absolute atomic E-state index is 0.0207. The maximum absolute atomic E-state index is 11.7. The fourth-order valence-corrected chi connectivity index (χ4v) is 4.39. The van der Waals surface area contributed by atoms with Gasteiger partial charge in [-0.1, -0.05) is 25.2 Å². The standard InChI is InChI=1S/C24H34N6O2/c1-3-21-24(32-20-6-4-5-17(25)15-20)28-23(22(16-31)27-21)26-18-7-9-19(10-8-18)30-13-11-29(2)12-14-30/h5,7-9,16,19-20H,3-4,6,10-15,25H2,1-2H3,(H,26,28). The number of nitrogens with one attached hydrogen (secondary N) is 1. The Labute approximate surface area is 190 Å². The van der Waals surface area contributed by atoms with Gasteiger partial charge in [-0.25, -0.2) is 4.98 Å². The Kier molecular flexibility index (Phi) is 7.22. The molecule has 1 saturated heterocycles. The van der Waals surface area contributed by atoms with E-state index in [1.807, 2.05) is 13.0 Å². The number of hydrogen-bond acceptors (Lipinski definition) is 8. The Morgan fingerprint density at radius 2 is 2.06 bits per heavy atom. The Balaban J connectivity index is 1.46. The molecule has 1 aromatic rings. The molecular weight excluding hydrogens is 404 g/mol. The summed E-state index contributed by atoms with van der Waals surface area (Å²) in [6.45, 7) is 6.36. The van der Waals surface area contributed by atoms with Crippen molar-refractivity contribution < 1.29 is 9.53 Å². The van der Waals surface area contributed by atoms with E-state index in [0.29, 0.717) is 42.0 Å². The highest BCUT2D eigenvalue weighted by atomic mass is 16.5. The van der Waals surface area contributed by atoms with Crippen LogP contribution < -0.4 is 15.8 Å². The van der Waals surface area contributed by atoms with Crippen molar-refractivity contribution in [2.75, 3.05) is 38.5 Å². The van der Waals surface area contributed by atoms with E-state index in [0.717, 1.165) is 63.1 Å². The topological polar surface area (TPSA) is 96.6 Å². The van der Waals surface area contributed by atoms with Gasteiger partial charge < -0.3 is 20.7 Å². The molecule has 2 atom stereocenters. The predicted molar refractivity (Wildman–Crippen MR) is 126 cm³/mol. The highest BCUT2D eigenvalue weighted by Gasteiger charge is 2.23. The van der Waals surface area contributed by atoms with E-state index < -0.39 is 0 Å². The van der Waals surface area contributed by atoms with Crippen molar-refractivity contribution in [2.45, 2.75) is 51.2 Å². The average Bonchev–Trinajstić information content (AvgIpc) is 2.80. The van der Waals surface area contributed by atoms with E-state index >= 15 is 0 Å². The first kappa shape index (κ1) is 22.5. The van der Waals surface area contributed by atoms with Crippen LogP contribution in [0.3, 0.4) is 0 Å². The third kappa shape index (κ3) is 5.37. The quantitative estimate of drug-likeness (QED) is 0.627. The van der Waals surface area contributed by atoms with Gasteiger partial charge in [0.2, 0.25) is 5.88 Å². The van der Waals surface area contributed by atoms with Gasteiger partial charge in [0.1, 0.15) is 17.5 Å². The fraction of sp³-hybridized carbons (Fsp3) is 0.542. The summed E-state index contributed by atoms with van der Waals surface area (Å²) >= 11 is 0. The van der Waals surface area contributed by atoms with Gasteiger partial charge in [0.25, 0.3) is 0 Å². The van der Waals surface area contributed by atoms with Crippen molar-refractivity contribution in [1.82, 2.24) is 19.8 Å². The Morgan fingerprint density at radius 3 is 2.72 bits per heavy atom. The molecule has 0 spiro atoms. The van der Waals surface area contributed by atoms with Gasteiger partial charge in [-0.15, -0.1) is 0 Å². The van der Waals surface area contributed by atoms with Gasteiger partial charge in [-0.05, 0) is 38.8 Å². The van der Waals surface area contributed by atoms with Crippen LogP contribution in [0.2, 0.25) is 0 Å². The molecule has 0 aromatic carbocycles. The van der Waals surface area contributed by atoms with Gasteiger partial charge >= 0.3 is 0 Å². The Hall–Kier alpha value is -2.71. The normalized spacial score (nSPS) is 24.6. The number of piperazine rings is 1. The van der Waals surface area contributed by atoms with Gasteiger partial charge in [0.15, 0.2) is 12.1 Å². The van der Waals surface area contributed by atoms with Crippen LogP contribution in [0.5, 0.6) is 5.88 Å². The Morgan fingerprint density at radius 1 is 1.25 bits per heavy atom. The molecule has 2 heterocycles. The molecule has 1 fully saturated rings. The van der Waals surface area contributed by atoms with Crippen LogP contribution in [0.1, 0.15) is 48.8 Å². The number of aryl methyl sites for hydroxylation is 1. The highest BCUT2D eigenvalue weighted by Crippen LogP contribution is 2.27. The van der Waals surface area contributed by atoms with Crippen LogP contribution in [-0.4, -0.2) is 71.4 Å². The van der Waals surface area contributed by atoms with Crippen molar-refractivity contribution in [1.29, 1.82) is 0 Å². The number of aldehydes is 1. The number of carbonyl (C=O) groups excluding carboxylic acids is 1. The van der Waals surface area contributed by atoms with E-state index in [1.165, 1.54) is 0 Å². The fourth-order valence-electron chi connectivity index (χ4n) is 4.39. The molecule has 2 unspecified atom stereocenters. The molecular formula is C24H34N6O2. The highest BCUT2D eigenvalue weighted by molar-refractivity contribution is 5.80. The number of carbonyl (C=O) groups is 1. The van der Waals surface area contributed by atoms with E-state index in [2.05, 4.69) is 50.4 Å². The van der Waals surface area contributed by atoms with Gasteiger partial charge in [0.05, 0.1) is 0 Å². The van der Waals surface area contributed by atoms with E-state index in [-0.39, 0.29) is 6.10 Å². The van der Waals surface area contributed by atoms with Gasteiger partial charge in [-0.3, -0.25) is 9.69 Å². The zero-order chi connectivity index (χ0) is 22.5. The zero-order valence-electron chi connectivity index (χ0n) is 19.1. The van der Waals surface area contributed by atoms with Crippen LogP contribution in [0, 0.1) is 0 Å². The molecule has 32 heavy (non-hydrogen) atoms. The number of hydrogen-bond donors (Lipinski definition) is 2. The number of anilines is 1. The molecule has 3 aliphatic rings. The second kappa shape index (κ2) is 10.3. The smallest absolute Gasteiger partial charge is 0.237 e. The number of nitrogens with two attached hydrogens (primary N) is 1. The number of likely N-dealkylation sites (N-methyl/N-ethyl adjacent to an activating group) is 1. The van der Waals surface area contributed by atoms with E-state index in [9.17, 15) is 4.79 Å². The van der Waals surface area contributed by atoms with Crippen molar-refractivity contribution in [3.63, 3.8) is 0 Å². The SMILES string of the molecule is CCc1nc(C=O)c(NC2=CCC(N3CCN(C)CC3)C=C2)nc1OC1CCC=C(N)C1. The van der Waals surface area contributed by atoms with Crippen LogP contribution in [0.25, 0.3) is 0 Å². The van der Waals surface area contributed by atoms with Gasteiger partial charge in [0, 0.05) is 50.0 Å². The summed E-state index contributed by atoms with van der Waals surface area (Å²) in [6.07, 6.45) is 13.3. The van der Waals surface area contributed by atoms with Crippen molar-refractivity contribution in [2.24, 2.45) is 5.73 Å².